The smallest absolute Gasteiger partial charge is 0.303 e. The highest BCUT2D eigenvalue weighted by atomic mass is 35.5. The van der Waals surface area contributed by atoms with Crippen LogP contribution in [0, 0.1) is 6.92 Å². The largest absolute Gasteiger partial charge is 0.496 e. The first-order valence-electron chi connectivity index (χ1n) is 5.13. The summed E-state index contributed by atoms with van der Waals surface area (Å²) in [7, 11) is 3.06. The molecule has 1 N–H and O–H groups in total. The monoisotopic (exact) mass is 258 g/mol. The van der Waals surface area contributed by atoms with Crippen molar-refractivity contribution in [3.63, 3.8) is 0 Å². The summed E-state index contributed by atoms with van der Waals surface area (Å²) in [5.74, 6) is 0.282. The van der Waals surface area contributed by atoms with Crippen molar-refractivity contribution in [2.24, 2.45) is 0 Å². The molecule has 0 saturated carbocycles. The molecule has 0 radical (unpaired) electrons. The lowest BCUT2D eigenvalue weighted by Gasteiger charge is -2.15. The van der Waals surface area contributed by atoms with Gasteiger partial charge in [-0.1, -0.05) is 11.6 Å². The van der Waals surface area contributed by atoms with E-state index in [2.05, 4.69) is 0 Å². The van der Waals surface area contributed by atoms with Crippen LogP contribution >= 0.6 is 11.6 Å². The molecule has 4 nitrogen and oxygen atoms in total. The van der Waals surface area contributed by atoms with E-state index in [0.29, 0.717) is 28.5 Å². The molecule has 0 aromatic heterocycles. The van der Waals surface area contributed by atoms with Gasteiger partial charge in [0.2, 0.25) is 0 Å². The van der Waals surface area contributed by atoms with Gasteiger partial charge >= 0.3 is 5.97 Å². The molecule has 0 fully saturated rings. The number of carboxylic acid groups (broad SMARTS) is 1. The summed E-state index contributed by atoms with van der Waals surface area (Å²) in [4.78, 5) is 10.6. The van der Waals surface area contributed by atoms with E-state index in [1.54, 1.807) is 6.07 Å². The van der Waals surface area contributed by atoms with Gasteiger partial charge in [0.1, 0.15) is 11.5 Å². The second-order valence-electron chi connectivity index (χ2n) is 3.62. The van der Waals surface area contributed by atoms with Crippen molar-refractivity contribution < 1.29 is 19.4 Å². The number of aliphatic carboxylic acids is 1. The third kappa shape index (κ3) is 3.03. The number of carboxylic acids is 1. The van der Waals surface area contributed by atoms with E-state index in [0.717, 1.165) is 5.56 Å². The van der Waals surface area contributed by atoms with Crippen LogP contribution < -0.4 is 9.47 Å². The molecule has 0 aliphatic rings. The number of hydrogen-bond donors (Lipinski definition) is 1. The Hall–Kier alpha value is -1.42. The van der Waals surface area contributed by atoms with Crippen LogP contribution in [0.1, 0.15) is 17.5 Å². The normalized spacial score (nSPS) is 10.1. The van der Waals surface area contributed by atoms with Crippen LogP contribution in [-0.4, -0.2) is 25.3 Å². The van der Waals surface area contributed by atoms with Gasteiger partial charge in [-0.15, -0.1) is 0 Å². The highest BCUT2D eigenvalue weighted by Crippen LogP contribution is 2.38. The minimum atomic E-state index is -0.873. The zero-order valence-electron chi connectivity index (χ0n) is 10.0. The van der Waals surface area contributed by atoms with Crippen LogP contribution in [0.5, 0.6) is 11.5 Å². The summed E-state index contributed by atoms with van der Waals surface area (Å²) in [6.45, 7) is 1.86. The molecule has 1 rings (SSSR count). The molecular formula is C12H15ClO4. The van der Waals surface area contributed by atoms with Crippen LogP contribution in [0.2, 0.25) is 5.02 Å². The van der Waals surface area contributed by atoms with Gasteiger partial charge in [-0.25, -0.2) is 0 Å². The topological polar surface area (TPSA) is 55.8 Å². The highest BCUT2D eigenvalue weighted by Gasteiger charge is 2.16. The van der Waals surface area contributed by atoms with Gasteiger partial charge in [0, 0.05) is 12.0 Å². The highest BCUT2D eigenvalue weighted by molar-refractivity contribution is 6.33. The summed E-state index contributed by atoms with van der Waals surface area (Å²) in [5, 5.41) is 9.12. The number of benzene rings is 1. The van der Waals surface area contributed by atoms with E-state index in [1.807, 2.05) is 6.92 Å². The molecule has 17 heavy (non-hydrogen) atoms. The van der Waals surface area contributed by atoms with Gasteiger partial charge < -0.3 is 14.6 Å². The Morgan fingerprint density at radius 2 is 2.06 bits per heavy atom. The molecule has 0 saturated heterocycles. The molecule has 0 aliphatic heterocycles. The van der Waals surface area contributed by atoms with Gasteiger partial charge in [0.25, 0.3) is 0 Å². The Balaban J connectivity index is 3.20. The zero-order chi connectivity index (χ0) is 13.0. The van der Waals surface area contributed by atoms with Crippen molar-refractivity contribution >= 4 is 17.6 Å². The van der Waals surface area contributed by atoms with Gasteiger partial charge in [0.05, 0.1) is 19.2 Å². The molecule has 0 aliphatic carbocycles. The Bertz CT molecular complexity index is 429. The summed E-state index contributed by atoms with van der Waals surface area (Å²) >= 11 is 6.18. The van der Waals surface area contributed by atoms with E-state index < -0.39 is 5.97 Å². The predicted molar refractivity (Wildman–Crippen MR) is 65.2 cm³/mol. The SMILES string of the molecule is COc1cc(C)c(OC)c(Cl)c1CCC(=O)O. The molecule has 0 unspecified atom stereocenters. The van der Waals surface area contributed by atoms with Gasteiger partial charge in [-0.05, 0) is 25.0 Å². The van der Waals surface area contributed by atoms with Crippen molar-refractivity contribution in [2.75, 3.05) is 14.2 Å². The van der Waals surface area contributed by atoms with Gasteiger partial charge in [-0.2, -0.15) is 0 Å². The maximum Gasteiger partial charge on any atom is 0.303 e. The minimum absolute atomic E-state index is 0.00228. The summed E-state index contributed by atoms with van der Waals surface area (Å²) < 4.78 is 10.4. The fraction of sp³-hybridized carbons (Fsp3) is 0.417. The van der Waals surface area contributed by atoms with E-state index in [-0.39, 0.29) is 6.42 Å². The first-order valence-corrected chi connectivity index (χ1v) is 5.50. The number of aryl methyl sites for hydroxylation is 1. The van der Waals surface area contributed by atoms with E-state index in [1.165, 1.54) is 14.2 Å². The molecule has 0 spiro atoms. The fourth-order valence-corrected chi connectivity index (χ4v) is 2.08. The molecule has 1 aromatic carbocycles. The zero-order valence-corrected chi connectivity index (χ0v) is 10.8. The number of ether oxygens (including phenoxy) is 2. The maximum absolute atomic E-state index is 10.6. The molecule has 1 aromatic rings. The number of methoxy groups -OCH3 is 2. The Morgan fingerprint density at radius 3 is 2.53 bits per heavy atom. The number of rotatable bonds is 5. The van der Waals surface area contributed by atoms with Crippen molar-refractivity contribution in [3.8, 4) is 11.5 Å². The number of hydrogen-bond acceptors (Lipinski definition) is 3. The van der Waals surface area contributed by atoms with E-state index in [4.69, 9.17) is 26.2 Å². The van der Waals surface area contributed by atoms with Crippen molar-refractivity contribution in [3.05, 3.63) is 22.2 Å². The standard InChI is InChI=1S/C12H15ClO4/c1-7-6-9(16-2)8(4-5-10(14)15)11(13)12(7)17-3/h6H,4-5H2,1-3H3,(H,14,15). The van der Waals surface area contributed by atoms with Crippen LogP contribution in [0.3, 0.4) is 0 Å². The van der Waals surface area contributed by atoms with Crippen molar-refractivity contribution in [2.45, 2.75) is 19.8 Å². The molecular weight excluding hydrogens is 244 g/mol. The Morgan fingerprint density at radius 1 is 1.41 bits per heavy atom. The lowest BCUT2D eigenvalue weighted by atomic mass is 10.0. The van der Waals surface area contributed by atoms with E-state index in [9.17, 15) is 4.79 Å². The lowest BCUT2D eigenvalue weighted by molar-refractivity contribution is -0.136. The maximum atomic E-state index is 10.6. The van der Waals surface area contributed by atoms with Crippen LogP contribution in [0.25, 0.3) is 0 Å². The fourth-order valence-electron chi connectivity index (χ4n) is 1.67. The minimum Gasteiger partial charge on any atom is -0.496 e. The predicted octanol–water partition coefficient (Wildman–Crippen LogP) is 2.68. The average molecular weight is 259 g/mol. The van der Waals surface area contributed by atoms with Crippen LogP contribution in [0.15, 0.2) is 6.07 Å². The molecule has 0 heterocycles. The summed E-state index contributed by atoms with van der Waals surface area (Å²) in [6.07, 6.45) is 0.316. The molecule has 94 valence electrons. The van der Waals surface area contributed by atoms with Gasteiger partial charge in [0.15, 0.2) is 0 Å². The lowest BCUT2D eigenvalue weighted by Crippen LogP contribution is -2.02. The Labute approximate surface area is 105 Å². The quantitative estimate of drug-likeness (QED) is 0.882. The van der Waals surface area contributed by atoms with Gasteiger partial charge in [-0.3, -0.25) is 4.79 Å². The third-order valence-electron chi connectivity index (χ3n) is 2.48. The average Bonchev–Trinajstić information content (AvgIpc) is 2.27. The Kier molecular flexibility index (Phi) is 4.63. The van der Waals surface area contributed by atoms with E-state index >= 15 is 0 Å². The second-order valence-corrected chi connectivity index (χ2v) is 3.99. The number of carbonyl (C=O) groups is 1. The van der Waals surface area contributed by atoms with Crippen LogP contribution in [-0.2, 0) is 11.2 Å². The second kappa shape index (κ2) is 5.77. The molecule has 0 bridgehead atoms. The first-order chi connectivity index (χ1) is 8.01. The molecule has 5 heteroatoms. The van der Waals surface area contributed by atoms with Crippen LogP contribution in [0.4, 0.5) is 0 Å². The first kappa shape index (κ1) is 13.6. The molecule has 0 amide bonds. The molecule has 0 atom stereocenters. The number of halogens is 1. The van der Waals surface area contributed by atoms with Crippen molar-refractivity contribution in [1.29, 1.82) is 0 Å². The van der Waals surface area contributed by atoms with Crippen molar-refractivity contribution in [1.82, 2.24) is 0 Å². The summed E-state index contributed by atoms with van der Waals surface area (Å²) in [6, 6.07) is 1.79. The summed E-state index contributed by atoms with van der Waals surface area (Å²) in [5.41, 5.74) is 1.52. The third-order valence-corrected chi connectivity index (χ3v) is 2.88.